The van der Waals surface area contributed by atoms with Gasteiger partial charge in [0.25, 0.3) is 0 Å². The number of hydrogen-bond donors (Lipinski definition) is 2. The molecule has 1 aromatic carbocycles. The molecule has 1 aromatic rings. The predicted octanol–water partition coefficient (Wildman–Crippen LogP) is 2.55. The summed E-state index contributed by atoms with van der Waals surface area (Å²) in [5.41, 5.74) is 1.67. The highest BCUT2D eigenvalue weighted by atomic mass is 35.5. The van der Waals surface area contributed by atoms with Gasteiger partial charge in [-0.1, -0.05) is 18.5 Å². The molecule has 2 N–H and O–H groups in total. The van der Waals surface area contributed by atoms with Crippen molar-refractivity contribution in [2.45, 2.75) is 39.3 Å². The second-order valence-electron chi connectivity index (χ2n) is 5.92. The number of hydrogen-bond acceptors (Lipinski definition) is 3. The standard InChI is InChI=1S/C16H24ClN3O/c1-4-7-18-11-12-10-13(17)5-6-14(12)20-9-8-19-15(21)16(20,2)3/h5-6,10,18H,4,7-9,11H2,1-3H3,(H,19,21). The van der Waals surface area contributed by atoms with Gasteiger partial charge in [-0.05, 0) is 50.6 Å². The molecule has 5 heteroatoms. The highest BCUT2D eigenvalue weighted by Gasteiger charge is 2.38. The molecule has 1 saturated heterocycles. The minimum Gasteiger partial charge on any atom is -0.355 e. The third-order valence-corrected chi connectivity index (χ3v) is 4.16. The van der Waals surface area contributed by atoms with Gasteiger partial charge < -0.3 is 15.5 Å². The van der Waals surface area contributed by atoms with E-state index in [0.717, 1.165) is 42.3 Å². The monoisotopic (exact) mass is 309 g/mol. The van der Waals surface area contributed by atoms with E-state index in [0.29, 0.717) is 6.54 Å². The summed E-state index contributed by atoms with van der Waals surface area (Å²) in [6.07, 6.45) is 1.09. The van der Waals surface area contributed by atoms with E-state index in [-0.39, 0.29) is 5.91 Å². The molecule has 0 unspecified atom stereocenters. The number of halogens is 1. The van der Waals surface area contributed by atoms with Gasteiger partial charge in [0, 0.05) is 30.3 Å². The van der Waals surface area contributed by atoms with Gasteiger partial charge in [-0.2, -0.15) is 0 Å². The number of rotatable bonds is 5. The summed E-state index contributed by atoms with van der Waals surface area (Å²) < 4.78 is 0. The first-order chi connectivity index (χ1) is 9.96. The van der Waals surface area contributed by atoms with Crippen molar-refractivity contribution in [3.8, 4) is 0 Å². The molecule has 1 fully saturated rings. The second-order valence-corrected chi connectivity index (χ2v) is 6.35. The van der Waals surface area contributed by atoms with Gasteiger partial charge in [0.1, 0.15) is 5.54 Å². The Balaban J connectivity index is 2.31. The fourth-order valence-electron chi connectivity index (χ4n) is 2.68. The van der Waals surface area contributed by atoms with E-state index < -0.39 is 5.54 Å². The van der Waals surface area contributed by atoms with Gasteiger partial charge in [0.15, 0.2) is 0 Å². The first-order valence-corrected chi connectivity index (χ1v) is 7.89. The van der Waals surface area contributed by atoms with Crippen LogP contribution in [0.2, 0.25) is 5.02 Å². The fraction of sp³-hybridized carbons (Fsp3) is 0.562. The lowest BCUT2D eigenvalue weighted by molar-refractivity contribution is -0.126. The number of carbonyl (C=O) groups excluding carboxylic acids is 1. The minimum atomic E-state index is -0.550. The number of piperazine rings is 1. The van der Waals surface area contributed by atoms with Gasteiger partial charge in [-0.25, -0.2) is 0 Å². The van der Waals surface area contributed by atoms with Crippen molar-refractivity contribution in [2.24, 2.45) is 0 Å². The summed E-state index contributed by atoms with van der Waals surface area (Å²) in [6, 6.07) is 5.90. The van der Waals surface area contributed by atoms with Crippen LogP contribution in [0.5, 0.6) is 0 Å². The van der Waals surface area contributed by atoms with Crippen LogP contribution in [0, 0.1) is 0 Å². The second kappa shape index (κ2) is 6.67. The number of anilines is 1. The summed E-state index contributed by atoms with van der Waals surface area (Å²) >= 11 is 6.14. The zero-order chi connectivity index (χ0) is 15.5. The molecule has 1 amide bonds. The van der Waals surface area contributed by atoms with Crippen LogP contribution in [-0.2, 0) is 11.3 Å². The number of benzene rings is 1. The number of nitrogens with zero attached hydrogens (tertiary/aromatic N) is 1. The van der Waals surface area contributed by atoms with E-state index in [4.69, 9.17) is 11.6 Å². The first-order valence-electron chi connectivity index (χ1n) is 7.52. The first kappa shape index (κ1) is 16.1. The molecule has 0 radical (unpaired) electrons. The zero-order valence-corrected chi connectivity index (χ0v) is 13.8. The Kier molecular flexibility index (Phi) is 5.12. The molecular formula is C16H24ClN3O. The minimum absolute atomic E-state index is 0.0659. The van der Waals surface area contributed by atoms with Crippen LogP contribution < -0.4 is 15.5 Å². The number of amides is 1. The maximum absolute atomic E-state index is 12.1. The third-order valence-electron chi connectivity index (χ3n) is 3.93. The van der Waals surface area contributed by atoms with Crippen LogP contribution >= 0.6 is 11.6 Å². The maximum Gasteiger partial charge on any atom is 0.245 e. The van der Waals surface area contributed by atoms with E-state index in [1.54, 1.807) is 0 Å². The summed E-state index contributed by atoms with van der Waals surface area (Å²) in [5, 5.41) is 7.07. The molecule has 0 spiro atoms. The zero-order valence-electron chi connectivity index (χ0n) is 13.0. The van der Waals surface area contributed by atoms with Gasteiger partial charge in [-0.3, -0.25) is 4.79 Å². The lowest BCUT2D eigenvalue weighted by atomic mass is 9.96. The Morgan fingerprint density at radius 3 is 2.90 bits per heavy atom. The SMILES string of the molecule is CCCNCc1cc(Cl)ccc1N1CCNC(=O)C1(C)C. The van der Waals surface area contributed by atoms with Gasteiger partial charge >= 0.3 is 0 Å². The summed E-state index contributed by atoms with van der Waals surface area (Å²) in [6.45, 7) is 9.27. The average Bonchev–Trinajstić information content (AvgIpc) is 2.43. The van der Waals surface area contributed by atoms with Crippen molar-refractivity contribution in [3.63, 3.8) is 0 Å². The van der Waals surface area contributed by atoms with E-state index in [2.05, 4.69) is 22.5 Å². The highest BCUT2D eigenvalue weighted by molar-refractivity contribution is 6.30. The lowest BCUT2D eigenvalue weighted by Gasteiger charge is -2.43. The Morgan fingerprint density at radius 1 is 1.43 bits per heavy atom. The van der Waals surface area contributed by atoms with Gasteiger partial charge in [0.2, 0.25) is 5.91 Å². The topological polar surface area (TPSA) is 44.4 Å². The molecule has 0 atom stereocenters. The van der Waals surface area contributed by atoms with Gasteiger partial charge in [0.05, 0.1) is 0 Å². The molecule has 4 nitrogen and oxygen atoms in total. The molecule has 0 aliphatic carbocycles. The number of nitrogens with one attached hydrogen (secondary N) is 2. The smallest absolute Gasteiger partial charge is 0.245 e. The third kappa shape index (κ3) is 3.50. The average molecular weight is 310 g/mol. The fourth-order valence-corrected chi connectivity index (χ4v) is 2.87. The van der Waals surface area contributed by atoms with Crippen LogP contribution in [0.3, 0.4) is 0 Å². The van der Waals surface area contributed by atoms with Crippen LogP contribution in [0.25, 0.3) is 0 Å². The molecule has 2 rings (SSSR count). The van der Waals surface area contributed by atoms with E-state index in [9.17, 15) is 4.79 Å². The lowest BCUT2D eigenvalue weighted by Crippen LogP contribution is -2.62. The highest BCUT2D eigenvalue weighted by Crippen LogP contribution is 2.31. The summed E-state index contributed by atoms with van der Waals surface area (Å²) in [4.78, 5) is 14.3. The van der Waals surface area contributed by atoms with Crippen LogP contribution in [0.15, 0.2) is 18.2 Å². The Bertz CT molecular complexity index is 516. The Labute approximate surface area is 131 Å². The van der Waals surface area contributed by atoms with Crippen LogP contribution in [-0.4, -0.2) is 31.1 Å². The largest absolute Gasteiger partial charge is 0.355 e. The summed E-state index contributed by atoms with van der Waals surface area (Å²) in [5.74, 6) is 0.0659. The van der Waals surface area contributed by atoms with Crippen LogP contribution in [0.4, 0.5) is 5.69 Å². The van der Waals surface area contributed by atoms with Crippen LogP contribution in [0.1, 0.15) is 32.8 Å². The predicted molar refractivity (Wildman–Crippen MR) is 87.9 cm³/mol. The van der Waals surface area contributed by atoms with Crippen molar-refractivity contribution in [3.05, 3.63) is 28.8 Å². The molecule has 21 heavy (non-hydrogen) atoms. The summed E-state index contributed by atoms with van der Waals surface area (Å²) in [7, 11) is 0. The normalized spacial score (nSPS) is 17.7. The molecule has 0 bridgehead atoms. The molecule has 0 saturated carbocycles. The van der Waals surface area contributed by atoms with Gasteiger partial charge in [-0.15, -0.1) is 0 Å². The Hall–Kier alpha value is -1.26. The van der Waals surface area contributed by atoms with Crippen molar-refractivity contribution in [1.82, 2.24) is 10.6 Å². The molecule has 0 aromatic heterocycles. The van der Waals surface area contributed by atoms with E-state index >= 15 is 0 Å². The maximum atomic E-state index is 12.1. The Morgan fingerprint density at radius 2 is 2.19 bits per heavy atom. The number of carbonyl (C=O) groups is 1. The van der Waals surface area contributed by atoms with Crippen molar-refractivity contribution >= 4 is 23.2 Å². The van der Waals surface area contributed by atoms with Crippen molar-refractivity contribution in [1.29, 1.82) is 0 Å². The van der Waals surface area contributed by atoms with Crippen molar-refractivity contribution < 1.29 is 4.79 Å². The molecular weight excluding hydrogens is 286 g/mol. The molecule has 116 valence electrons. The van der Waals surface area contributed by atoms with Crippen molar-refractivity contribution in [2.75, 3.05) is 24.5 Å². The quantitative estimate of drug-likeness (QED) is 0.822. The molecule has 1 aliphatic heterocycles. The molecule has 1 heterocycles. The molecule has 1 aliphatic rings. The van der Waals surface area contributed by atoms with E-state index in [1.165, 1.54) is 0 Å². The van der Waals surface area contributed by atoms with E-state index in [1.807, 2.05) is 32.0 Å².